The smallest absolute Gasteiger partial charge is 0.309 e. The summed E-state index contributed by atoms with van der Waals surface area (Å²) in [5.41, 5.74) is 0.871. The highest BCUT2D eigenvalue weighted by Crippen LogP contribution is 2.33. The summed E-state index contributed by atoms with van der Waals surface area (Å²) in [6.07, 6.45) is 0.681. The second-order valence-corrected chi connectivity index (χ2v) is 4.01. The van der Waals surface area contributed by atoms with Crippen molar-refractivity contribution in [3.63, 3.8) is 0 Å². The number of benzene rings is 1. The molecule has 0 amide bonds. The normalized spacial score (nSPS) is 25.2. The number of carboxylic acid groups (broad SMARTS) is 1. The van der Waals surface area contributed by atoms with Crippen LogP contribution < -0.4 is 0 Å². The van der Waals surface area contributed by atoms with Gasteiger partial charge in [0.2, 0.25) is 0 Å². The number of hydrogen-bond donors (Lipinski definition) is 2. The first-order valence-electron chi connectivity index (χ1n) is 5.28. The van der Waals surface area contributed by atoms with Crippen molar-refractivity contribution >= 4 is 5.97 Å². The van der Waals surface area contributed by atoms with Gasteiger partial charge in [-0.25, -0.2) is 0 Å². The van der Waals surface area contributed by atoms with Gasteiger partial charge in [-0.05, 0) is 24.1 Å². The van der Waals surface area contributed by atoms with Gasteiger partial charge < -0.3 is 14.9 Å². The zero-order valence-corrected chi connectivity index (χ0v) is 8.80. The molecule has 0 saturated carbocycles. The number of rotatable bonds is 2. The lowest BCUT2D eigenvalue weighted by Gasteiger charge is -2.28. The summed E-state index contributed by atoms with van der Waals surface area (Å²) in [6, 6.07) is 6.80. The van der Waals surface area contributed by atoms with Crippen molar-refractivity contribution in [3.05, 3.63) is 29.8 Å². The average molecular weight is 222 g/mol. The number of phenolic OH excluding ortho intramolecular Hbond substituents is 1. The summed E-state index contributed by atoms with van der Waals surface area (Å²) in [7, 11) is 0. The van der Waals surface area contributed by atoms with Crippen LogP contribution in [0.4, 0.5) is 0 Å². The molecule has 4 heteroatoms. The average Bonchev–Trinajstić information content (AvgIpc) is 2.29. The highest BCUT2D eigenvalue weighted by molar-refractivity contribution is 5.71. The van der Waals surface area contributed by atoms with E-state index in [1.165, 1.54) is 0 Å². The van der Waals surface area contributed by atoms with Crippen LogP contribution in [0.15, 0.2) is 24.3 Å². The van der Waals surface area contributed by atoms with Gasteiger partial charge in [0.1, 0.15) is 5.75 Å². The highest BCUT2D eigenvalue weighted by Gasteiger charge is 2.32. The third kappa shape index (κ3) is 2.17. The fraction of sp³-hybridized carbons (Fsp3) is 0.417. The molecule has 1 aliphatic heterocycles. The number of hydrogen-bond acceptors (Lipinski definition) is 3. The van der Waals surface area contributed by atoms with Gasteiger partial charge in [-0.3, -0.25) is 4.79 Å². The molecule has 2 rings (SSSR count). The van der Waals surface area contributed by atoms with Crippen LogP contribution in [-0.4, -0.2) is 29.4 Å². The minimum Gasteiger partial charge on any atom is -0.508 e. The summed E-state index contributed by atoms with van der Waals surface area (Å²) in [4.78, 5) is 11.1. The number of ether oxygens (including phenoxy) is 1. The van der Waals surface area contributed by atoms with Crippen LogP contribution in [0.25, 0.3) is 0 Å². The van der Waals surface area contributed by atoms with Gasteiger partial charge in [0.25, 0.3) is 0 Å². The first-order valence-corrected chi connectivity index (χ1v) is 5.28. The number of carboxylic acids is 1. The van der Waals surface area contributed by atoms with Crippen LogP contribution in [-0.2, 0) is 9.53 Å². The lowest BCUT2D eigenvalue weighted by Crippen LogP contribution is -2.32. The van der Waals surface area contributed by atoms with Crippen molar-refractivity contribution in [3.8, 4) is 5.75 Å². The first-order chi connectivity index (χ1) is 7.68. The topological polar surface area (TPSA) is 66.8 Å². The summed E-state index contributed by atoms with van der Waals surface area (Å²) in [6.45, 7) is 0.819. The molecule has 0 aromatic heterocycles. The van der Waals surface area contributed by atoms with Crippen molar-refractivity contribution in [1.29, 1.82) is 0 Å². The Labute approximate surface area is 93.5 Å². The second-order valence-electron chi connectivity index (χ2n) is 4.01. The van der Waals surface area contributed by atoms with Gasteiger partial charge in [0.15, 0.2) is 0 Å². The molecule has 0 radical (unpaired) electrons. The Morgan fingerprint density at radius 1 is 1.44 bits per heavy atom. The SMILES string of the molecule is O=C(O)C1COCCC1c1cccc(O)c1. The lowest BCUT2D eigenvalue weighted by atomic mass is 9.83. The van der Waals surface area contributed by atoms with E-state index in [2.05, 4.69) is 0 Å². The summed E-state index contributed by atoms with van der Waals surface area (Å²) in [5.74, 6) is -1.25. The zero-order chi connectivity index (χ0) is 11.5. The second kappa shape index (κ2) is 4.53. The van der Waals surface area contributed by atoms with E-state index in [9.17, 15) is 9.90 Å². The number of phenols is 1. The first kappa shape index (κ1) is 11.0. The van der Waals surface area contributed by atoms with E-state index in [4.69, 9.17) is 9.84 Å². The summed E-state index contributed by atoms with van der Waals surface area (Å²) >= 11 is 0. The predicted molar refractivity (Wildman–Crippen MR) is 57.4 cm³/mol. The number of aliphatic carboxylic acids is 1. The molecule has 0 bridgehead atoms. The lowest BCUT2D eigenvalue weighted by molar-refractivity contribution is -0.147. The van der Waals surface area contributed by atoms with Crippen LogP contribution in [0.3, 0.4) is 0 Å². The maximum Gasteiger partial charge on any atom is 0.309 e. The zero-order valence-electron chi connectivity index (χ0n) is 8.80. The van der Waals surface area contributed by atoms with Gasteiger partial charge in [-0.1, -0.05) is 12.1 Å². The van der Waals surface area contributed by atoms with Crippen molar-refractivity contribution < 1.29 is 19.7 Å². The minimum absolute atomic E-state index is 0.0710. The van der Waals surface area contributed by atoms with E-state index in [0.717, 1.165) is 5.56 Å². The maximum absolute atomic E-state index is 11.1. The molecule has 4 nitrogen and oxygen atoms in total. The van der Waals surface area contributed by atoms with Crippen LogP contribution in [0, 0.1) is 5.92 Å². The number of aromatic hydroxyl groups is 1. The van der Waals surface area contributed by atoms with Gasteiger partial charge in [-0.15, -0.1) is 0 Å². The highest BCUT2D eigenvalue weighted by atomic mass is 16.5. The third-order valence-corrected chi connectivity index (χ3v) is 2.97. The van der Waals surface area contributed by atoms with E-state index in [0.29, 0.717) is 13.0 Å². The Morgan fingerprint density at radius 3 is 2.94 bits per heavy atom. The fourth-order valence-corrected chi connectivity index (χ4v) is 2.14. The maximum atomic E-state index is 11.1. The molecule has 16 heavy (non-hydrogen) atoms. The molecular weight excluding hydrogens is 208 g/mol. The molecule has 2 atom stereocenters. The van der Waals surface area contributed by atoms with Gasteiger partial charge in [0.05, 0.1) is 12.5 Å². The molecule has 1 heterocycles. The van der Waals surface area contributed by atoms with E-state index < -0.39 is 11.9 Å². The Hall–Kier alpha value is -1.55. The van der Waals surface area contributed by atoms with Crippen LogP contribution in [0.1, 0.15) is 17.9 Å². The Kier molecular flexibility index (Phi) is 3.10. The molecule has 86 valence electrons. The quantitative estimate of drug-likeness (QED) is 0.797. The Balaban J connectivity index is 2.26. The van der Waals surface area contributed by atoms with Crippen molar-refractivity contribution in [1.82, 2.24) is 0 Å². The summed E-state index contributed by atoms with van der Waals surface area (Å²) in [5, 5.41) is 18.5. The van der Waals surface area contributed by atoms with E-state index in [-0.39, 0.29) is 18.3 Å². The van der Waals surface area contributed by atoms with E-state index in [1.54, 1.807) is 18.2 Å². The van der Waals surface area contributed by atoms with Crippen LogP contribution >= 0.6 is 0 Å². The molecule has 1 fully saturated rings. The van der Waals surface area contributed by atoms with Crippen LogP contribution in [0.5, 0.6) is 5.75 Å². The molecule has 2 unspecified atom stereocenters. The standard InChI is InChI=1S/C12H14O4/c13-9-3-1-2-8(6-9)10-4-5-16-7-11(10)12(14)15/h1-3,6,10-11,13H,4-5,7H2,(H,14,15). The Bertz CT molecular complexity index is 388. The Morgan fingerprint density at radius 2 is 2.25 bits per heavy atom. The van der Waals surface area contributed by atoms with E-state index >= 15 is 0 Å². The molecule has 1 aromatic carbocycles. The molecule has 2 N–H and O–H groups in total. The van der Waals surface area contributed by atoms with Gasteiger partial charge in [-0.2, -0.15) is 0 Å². The van der Waals surface area contributed by atoms with Crippen molar-refractivity contribution in [2.45, 2.75) is 12.3 Å². The van der Waals surface area contributed by atoms with Crippen LogP contribution in [0.2, 0.25) is 0 Å². The monoisotopic (exact) mass is 222 g/mol. The summed E-state index contributed by atoms with van der Waals surface area (Å²) < 4.78 is 5.18. The molecule has 0 aliphatic carbocycles. The predicted octanol–water partition coefficient (Wildman–Crippen LogP) is 1.60. The molecule has 1 saturated heterocycles. The number of carbonyl (C=O) groups is 1. The molecule has 1 aromatic rings. The van der Waals surface area contributed by atoms with E-state index in [1.807, 2.05) is 6.07 Å². The van der Waals surface area contributed by atoms with Gasteiger partial charge in [0, 0.05) is 12.5 Å². The molecular formula is C12H14O4. The molecule has 0 spiro atoms. The van der Waals surface area contributed by atoms with Crippen molar-refractivity contribution in [2.75, 3.05) is 13.2 Å². The van der Waals surface area contributed by atoms with Crippen molar-refractivity contribution in [2.24, 2.45) is 5.92 Å². The third-order valence-electron chi connectivity index (χ3n) is 2.97. The largest absolute Gasteiger partial charge is 0.508 e. The van der Waals surface area contributed by atoms with Gasteiger partial charge >= 0.3 is 5.97 Å². The minimum atomic E-state index is -0.840. The fourth-order valence-electron chi connectivity index (χ4n) is 2.14. The molecule has 1 aliphatic rings.